The third-order valence-electron chi connectivity index (χ3n) is 1.72. The van der Waals surface area contributed by atoms with Crippen LogP contribution in [0.1, 0.15) is 0 Å². The Kier molecular flexibility index (Phi) is 2.02. The van der Waals surface area contributed by atoms with E-state index in [0.717, 1.165) is 32.4 Å². The molecule has 11 heavy (non-hydrogen) atoms. The second-order valence-corrected chi connectivity index (χ2v) is 2.51. The van der Waals surface area contributed by atoms with E-state index in [1.165, 1.54) is 0 Å². The average Bonchev–Trinajstić information content (AvgIpc) is 2.58. The highest BCUT2D eigenvalue weighted by atomic mass is 16.5. The van der Waals surface area contributed by atoms with Gasteiger partial charge in [0.15, 0.2) is 0 Å². The number of hydrogen-bond donors (Lipinski definition) is 3. The van der Waals surface area contributed by atoms with Crippen molar-refractivity contribution in [2.24, 2.45) is 4.99 Å². The Labute approximate surface area is 65.2 Å². The summed E-state index contributed by atoms with van der Waals surface area (Å²) < 4.78 is 5.29. The molecular formula is C6H12N4O. The van der Waals surface area contributed by atoms with Gasteiger partial charge in [-0.3, -0.25) is 16.0 Å². The van der Waals surface area contributed by atoms with Gasteiger partial charge in [-0.2, -0.15) is 0 Å². The van der Waals surface area contributed by atoms with Crippen LogP contribution in [0.3, 0.4) is 0 Å². The fraction of sp³-hybridized carbons (Fsp3) is 0.833. The molecule has 2 rings (SSSR count). The van der Waals surface area contributed by atoms with E-state index >= 15 is 0 Å². The van der Waals surface area contributed by atoms with Crippen LogP contribution in [-0.4, -0.2) is 38.6 Å². The van der Waals surface area contributed by atoms with Crippen molar-refractivity contribution in [1.29, 1.82) is 0 Å². The van der Waals surface area contributed by atoms with Gasteiger partial charge in [0.1, 0.15) is 12.8 Å². The number of ether oxygens (including phenoxy) is 1. The summed E-state index contributed by atoms with van der Waals surface area (Å²) >= 11 is 0. The van der Waals surface area contributed by atoms with Crippen molar-refractivity contribution in [3.05, 3.63) is 0 Å². The van der Waals surface area contributed by atoms with E-state index in [0.29, 0.717) is 0 Å². The fourth-order valence-electron chi connectivity index (χ4n) is 1.18. The first-order valence-electron chi connectivity index (χ1n) is 3.81. The molecule has 5 heteroatoms. The van der Waals surface area contributed by atoms with Gasteiger partial charge in [-0.15, -0.1) is 0 Å². The van der Waals surface area contributed by atoms with E-state index in [1.54, 1.807) is 0 Å². The topological polar surface area (TPSA) is 57.7 Å². The molecule has 0 atom stereocenters. The molecule has 0 aromatic carbocycles. The molecule has 0 amide bonds. The first kappa shape index (κ1) is 7.02. The third kappa shape index (κ3) is 1.50. The summed E-state index contributed by atoms with van der Waals surface area (Å²) in [5.41, 5.74) is 0. The molecule has 3 N–H and O–H groups in total. The van der Waals surface area contributed by atoms with Gasteiger partial charge in [0.05, 0.1) is 6.54 Å². The van der Waals surface area contributed by atoms with Crippen LogP contribution in [0, 0.1) is 0 Å². The van der Waals surface area contributed by atoms with Crippen molar-refractivity contribution in [3.63, 3.8) is 0 Å². The van der Waals surface area contributed by atoms with Crippen LogP contribution in [0.5, 0.6) is 0 Å². The van der Waals surface area contributed by atoms with E-state index < -0.39 is 0 Å². The zero-order chi connectivity index (χ0) is 7.52. The van der Waals surface area contributed by atoms with E-state index in [4.69, 9.17) is 4.74 Å². The number of aliphatic imine (C=N–C) groups is 1. The highest BCUT2D eigenvalue weighted by Crippen LogP contribution is 1.97. The molecule has 2 heterocycles. The molecule has 0 aliphatic carbocycles. The largest absolute Gasteiger partial charge is 0.477 e. The van der Waals surface area contributed by atoms with Gasteiger partial charge in [-0.25, -0.2) is 4.99 Å². The summed E-state index contributed by atoms with van der Waals surface area (Å²) in [6, 6.07) is 0. The number of nitrogens with one attached hydrogen (secondary N) is 3. The predicted octanol–water partition coefficient (Wildman–Crippen LogP) is -1.56. The van der Waals surface area contributed by atoms with E-state index in [9.17, 15) is 0 Å². The molecule has 0 aromatic rings. The maximum absolute atomic E-state index is 5.29. The monoisotopic (exact) mass is 156 g/mol. The molecule has 2 aliphatic heterocycles. The van der Waals surface area contributed by atoms with Crippen LogP contribution in [0.15, 0.2) is 4.99 Å². The lowest BCUT2D eigenvalue weighted by Crippen LogP contribution is -2.59. The lowest BCUT2D eigenvalue weighted by atomic mass is 10.4. The smallest absolute Gasteiger partial charge is 0.216 e. The van der Waals surface area contributed by atoms with Crippen LogP contribution in [0.4, 0.5) is 0 Å². The number of nitrogens with zero attached hydrogens (tertiary/aromatic N) is 1. The Morgan fingerprint density at radius 1 is 1.36 bits per heavy atom. The molecule has 0 bridgehead atoms. The van der Waals surface area contributed by atoms with Crippen molar-refractivity contribution >= 4 is 5.90 Å². The van der Waals surface area contributed by atoms with Gasteiger partial charge in [0, 0.05) is 13.3 Å². The molecule has 1 fully saturated rings. The Morgan fingerprint density at radius 3 is 2.82 bits per heavy atom. The van der Waals surface area contributed by atoms with Crippen LogP contribution in [0.25, 0.3) is 0 Å². The summed E-state index contributed by atoms with van der Waals surface area (Å²) in [7, 11) is 0. The fourth-order valence-corrected chi connectivity index (χ4v) is 1.18. The summed E-state index contributed by atoms with van der Waals surface area (Å²) in [4.78, 5) is 4.20. The Hall–Kier alpha value is -0.650. The molecule has 0 spiro atoms. The minimum atomic E-state index is 0.110. The van der Waals surface area contributed by atoms with Gasteiger partial charge in [-0.05, 0) is 0 Å². The number of hydrogen-bond acceptors (Lipinski definition) is 5. The van der Waals surface area contributed by atoms with Gasteiger partial charge in [-0.1, -0.05) is 0 Å². The SMILES string of the molecule is C1COC(C2NCNCN2)=N1. The van der Waals surface area contributed by atoms with Gasteiger partial charge in [0.25, 0.3) is 0 Å². The molecule has 0 radical (unpaired) electrons. The maximum Gasteiger partial charge on any atom is 0.216 e. The molecule has 0 saturated carbocycles. The van der Waals surface area contributed by atoms with E-state index in [-0.39, 0.29) is 6.17 Å². The van der Waals surface area contributed by atoms with E-state index in [1.807, 2.05) is 0 Å². The molecule has 62 valence electrons. The quantitative estimate of drug-likeness (QED) is 0.430. The Morgan fingerprint density at radius 2 is 2.18 bits per heavy atom. The molecule has 0 unspecified atom stereocenters. The second kappa shape index (κ2) is 3.17. The van der Waals surface area contributed by atoms with Crippen molar-refractivity contribution in [3.8, 4) is 0 Å². The van der Waals surface area contributed by atoms with Crippen LogP contribution in [-0.2, 0) is 4.74 Å². The molecule has 2 aliphatic rings. The van der Waals surface area contributed by atoms with Crippen molar-refractivity contribution in [1.82, 2.24) is 16.0 Å². The Bertz CT molecular complexity index is 164. The van der Waals surface area contributed by atoms with Crippen molar-refractivity contribution in [2.75, 3.05) is 26.5 Å². The lowest BCUT2D eigenvalue weighted by molar-refractivity contribution is 0.296. The molecule has 5 nitrogen and oxygen atoms in total. The second-order valence-electron chi connectivity index (χ2n) is 2.51. The summed E-state index contributed by atoms with van der Waals surface area (Å²) in [6.45, 7) is 3.13. The average molecular weight is 156 g/mol. The normalized spacial score (nSPS) is 26.4. The minimum Gasteiger partial charge on any atom is -0.477 e. The van der Waals surface area contributed by atoms with Crippen molar-refractivity contribution in [2.45, 2.75) is 6.17 Å². The van der Waals surface area contributed by atoms with Crippen molar-refractivity contribution < 1.29 is 4.74 Å². The van der Waals surface area contributed by atoms with E-state index in [2.05, 4.69) is 20.9 Å². The molecular weight excluding hydrogens is 144 g/mol. The van der Waals surface area contributed by atoms with Gasteiger partial charge < -0.3 is 4.74 Å². The standard InChI is InChI=1S/C6H12N4O/c1-2-11-6(8-1)5-9-3-7-4-10-5/h5,7,9-10H,1-4H2. The van der Waals surface area contributed by atoms with Crippen LogP contribution in [0.2, 0.25) is 0 Å². The first-order chi connectivity index (χ1) is 5.47. The maximum atomic E-state index is 5.29. The Balaban J connectivity index is 1.92. The highest BCUT2D eigenvalue weighted by molar-refractivity contribution is 5.82. The van der Waals surface area contributed by atoms with Gasteiger partial charge >= 0.3 is 0 Å². The minimum absolute atomic E-state index is 0.110. The summed E-state index contributed by atoms with van der Waals surface area (Å²) in [6.07, 6.45) is 0.110. The molecule has 1 saturated heterocycles. The van der Waals surface area contributed by atoms with Crippen LogP contribution < -0.4 is 16.0 Å². The zero-order valence-corrected chi connectivity index (χ0v) is 6.26. The molecule has 0 aromatic heterocycles. The predicted molar refractivity (Wildman–Crippen MR) is 41.2 cm³/mol. The lowest BCUT2D eigenvalue weighted by Gasteiger charge is -2.24. The van der Waals surface area contributed by atoms with Gasteiger partial charge in [0.2, 0.25) is 5.90 Å². The van der Waals surface area contributed by atoms with Crippen LogP contribution >= 0.6 is 0 Å². The summed E-state index contributed by atoms with van der Waals surface area (Å²) in [5.74, 6) is 0.798. The summed E-state index contributed by atoms with van der Waals surface area (Å²) in [5, 5.41) is 9.47. The first-order valence-corrected chi connectivity index (χ1v) is 3.81. The number of rotatable bonds is 1. The zero-order valence-electron chi connectivity index (χ0n) is 6.26. The highest BCUT2D eigenvalue weighted by Gasteiger charge is 2.21. The third-order valence-corrected chi connectivity index (χ3v) is 1.72.